The zero-order valence-corrected chi connectivity index (χ0v) is 10.2. The number of methoxy groups -OCH3 is 1. The zero-order chi connectivity index (χ0) is 13.1. The number of nitrogens with two attached hydrogens (primary N) is 1. The van der Waals surface area contributed by atoms with Gasteiger partial charge in [-0.1, -0.05) is 5.92 Å². The summed E-state index contributed by atoms with van der Waals surface area (Å²) in [6.07, 6.45) is 5.30. The number of terminal acetylenes is 1. The highest BCUT2D eigenvalue weighted by atomic mass is 16.5. The highest BCUT2D eigenvalue weighted by molar-refractivity contribution is 5.99. The summed E-state index contributed by atoms with van der Waals surface area (Å²) in [7, 11) is 1.54. The van der Waals surface area contributed by atoms with Crippen LogP contribution in [0.15, 0.2) is 18.2 Å². The Kier molecular flexibility index (Phi) is 3.64. The van der Waals surface area contributed by atoms with Gasteiger partial charge in [0.05, 0.1) is 18.2 Å². The topological polar surface area (TPSA) is 64.3 Å². The summed E-state index contributed by atoms with van der Waals surface area (Å²) in [4.78, 5) is 11.9. The Morgan fingerprint density at radius 2 is 2.18 bits per heavy atom. The van der Waals surface area contributed by atoms with Gasteiger partial charge in [-0.15, -0.1) is 6.42 Å². The minimum atomic E-state index is -0.705. The molecule has 1 amide bonds. The number of nitrogen functional groups attached to an aromatic ring is 1. The molecule has 4 heteroatoms. The Labute approximate surface area is 101 Å². The van der Waals surface area contributed by atoms with E-state index in [-0.39, 0.29) is 5.91 Å². The second-order valence-corrected chi connectivity index (χ2v) is 4.18. The molecule has 0 aromatic heterocycles. The molecule has 0 saturated heterocycles. The van der Waals surface area contributed by atoms with Gasteiger partial charge in [0.1, 0.15) is 5.75 Å². The third kappa shape index (κ3) is 3.15. The number of amides is 1. The van der Waals surface area contributed by atoms with Crippen molar-refractivity contribution in [1.29, 1.82) is 0 Å². The van der Waals surface area contributed by atoms with E-state index in [0.717, 1.165) is 0 Å². The number of nitrogens with one attached hydrogen (secondary N) is 1. The normalized spacial score (nSPS) is 10.5. The highest BCUT2D eigenvalue weighted by Gasteiger charge is 2.19. The minimum Gasteiger partial charge on any atom is -0.497 e. The fraction of sp³-hybridized carbons (Fsp3) is 0.308. The fourth-order valence-corrected chi connectivity index (χ4v) is 1.26. The fourth-order valence-electron chi connectivity index (χ4n) is 1.26. The second kappa shape index (κ2) is 4.79. The Balaban J connectivity index is 2.95. The third-order valence-electron chi connectivity index (χ3n) is 2.29. The first-order valence-electron chi connectivity index (χ1n) is 5.13. The van der Waals surface area contributed by atoms with Gasteiger partial charge in [-0.25, -0.2) is 0 Å². The molecule has 0 aliphatic carbocycles. The van der Waals surface area contributed by atoms with Crippen LogP contribution in [0.4, 0.5) is 5.69 Å². The first-order chi connectivity index (χ1) is 7.89. The molecule has 1 aromatic rings. The van der Waals surface area contributed by atoms with E-state index in [0.29, 0.717) is 17.0 Å². The molecule has 0 heterocycles. The van der Waals surface area contributed by atoms with Crippen molar-refractivity contribution in [1.82, 2.24) is 5.32 Å². The van der Waals surface area contributed by atoms with Gasteiger partial charge >= 0.3 is 0 Å². The largest absolute Gasteiger partial charge is 0.497 e. The summed E-state index contributed by atoms with van der Waals surface area (Å²) in [5, 5.41) is 2.70. The lowest BCUT2D eigenvalue weighted by atomic mass is 10.1. The van der Waals surface area contributed by atoms with Crippen molar-refractivity contribution in [3.63, 3.8) is 0 Å². The van der Waals surface area contributed by atoms with Gasteiger partial charge in [0.2, 0.25) is 0 Å². The quantitative estimate of drug-likeness (QED) is 0.612. The molecule has 0 saturated carbocycles. The van der Waals surface area contributed by atoms with Gasteiger partial charge in [0.25, 0.3) is 5.91 Å². The monoisotopic (exact) mass is 232 g/mol. The molecule has 0 unspecified atom stereocenters. The van der Waals surface area contributed by atoms with E-state index in [1.807, 2.05) is 0 Å². The van der Waals surface area contributed by atoms with Gasteiger partial charge in [0, 0.05) is 11.8 Å². The number of carbonyl (C=O) groups excluding carboxylic acids is 1. The average molecular weight is 232 g/mol. The lowest BCUT2D eigenvalue weighted by Crippen LogP contribution is -2.42. The van der Waals surface area contributed by atoms with E-state index in [1.54, 1.807) is 32.0 Å². The maximum atomic E-state index is 11.9. The third-order valence-corrected chi connectivity index (χ3v) is 2.29. The molecule has 1 rings (SSSR count). The van der Waals surface area contributed by atoms with Crippen LogP contribution in [0.5, 0.6) is 5.75 Å². The Hall–Kier alpha value is -2.15. The molecule has 0 spiro atoms. The molecule has 0 fully saturated rings. The van der Waals surface area contributed by atoms with E-state index in [1.165, 1.54) is 7.11 Å². The SMILES string of the molecule is C#CC(C)(C)NC(=O)c1ccc(OC)cc1N. The summed E-state index contributed by atoms with van der Waals surface area (Å²) in [5.74, 6) is 2.80. The summed E-state index contributed by atoms with van der Waals surface area (Å²) < 4.78 is 5.01. The molecule has 0 bridgehead atoms. The number of hydrogen-bond acceptors (Lipinski definition) is 3. The van der Waals surface area contributed by atoms with Crippen molar-refractivity contribution < 1.29 is 9.53 Å². The molecule has 0 aliphatic heterocycles. The molecule has 3 N–H and O–H groups in total. The van der Waals surface area contributed by atoms with Gasteiger partial charge in [-0.3, -0.25) is 4.79 Å². The molecule has 4 nitrogen and oxygen atoms in total. The van der Waals surface area contributed by atoms with Crippen molar-refractivity contribution in [2.24, 2.45) is 0 Å². The lowest BCUT2D eigenvalue weighted by Gasteiger charge is -2.20. The summed E-state index contributed by atoms with van der Waals surface area (Å²) in [6.45, 7) is 3.48. The minimum absolute atomic E-state index is 0.298. The second-order valence-electron chi connectivity index (χ2n) is 4.18. The van der Waals surface area contributed by atoms with Crippen LogP contribution in [0.3, 0.4) is 0 Å². The van der Waals surface area contributed by atoms with Crippen LogP contribution in [0.25, 0.3) is 0 Å². The standard InChI is InChI=1S/C13H16N2O2/c1-5-13(2,3)15-12(16)10-7-6-9(17-4)8-11(10)14/h1,6-8H,14H2,2-4H3,(H,15,16). The van der Waals surface area contributed by atoms with E-state index in [9.17, 15) is 4.79 Å². The average Bonchev–Trinajstić information content (AvgIpc) is 2.28. The lowest BCUT2D eigenvalue weighted by molar-refractivity contribution is 0.0931. The van der Waals surface area contributed by atoms with Gasteiger partial charge in [-0.2, -0.15) is 0 Å². The van der Waals surface area contributed by atoms with E-state index in [2.05, 4.69) is 11.2 Å². The number of anilines is 1. The van der Waals surface area contributed by atoms with E-state index >= 15 is 0 Å². The van der Waals surface area contributed by atoms with Crippen LogP contribution in [0, 0.1) is 12.3 Å². The summed E-state index contributed by atoms with van der Waals surface area (Å²) >= 11 is 0. The van der Waals surface area contributed by atoms with Crippen molar-refractivity contribution in [2.75, 3.05) is 12.8 Å². The van der Waals surface area contributed by atoms with Crippen molar-refractivity contribution >= 4 is 11.6 Å². The number of ether oxygens (including phenoxy) is 1. The van der Waals surface area contributed by atoms with E-state index in [4.69, 9.17) is 16.9 Å². The summed E-state index contributed by atoms with van der Waals surface area (Å²) in [5.41, 5.74) is 5.80. The van der Waals surface area contributed by atoms with Gasteiger partial charge in [-0.05, 0) is 26.0 Å². The number of carbonyl (C=O) groups is 1. The smallest absolute Gasteiger partial charge is 0.254 e. The van der Waals surface area contributed by atoms with Gasteiger partial charge < -0.3 is 15.8 Å². The Morgan fingerprint density at radius 3 is 2.65 bits per heavy atom. The number of rotatable bonds is 3. The summed E-state index contributed by atoms with van der Waals surface area (Å²) in [6, 6.07) is 4.88. The first-order valence-corrected chi connectivity index (χ1v) is 5.13. The highest BCUT2D eigenvalue weighted by Crippen LogP contribution is 2.20. The predicted octanol–water partition coefficient (Wildman–Crippen LogP) is 1.42. The van der Waals surface area contributed by atoms with E-state index < -0.39 is 5.54 Å². The molecule has 90 valence electrons. The molecule has 0 atom stereocenters. The molecule has 1 aromatic carbocycles. The number of hydrogen-bond donors (Lipinski definition) is 2. The van der Waals surface area contributed by atoms with Crippen molar-refractivity contribution in [3.05, 3.63) is 23.8 Å². The van der Waals surface area contributed by atoms with Crippen LogP contribution in [0.2, 0.25) is 0 Å². The maximum Gasteiger partial charge on any atom is 0.254 e. The van der Waals surface area contributed by atoms with Crippen LogP contribution in [0.1, 0.15) is 24.2 Å². The predicted molar refractivity (Wildman–Crippen MR) is 67.8 cm³/mol. The maximum absolute atomic E-state index is 11.9. The van der Waals surface area contributed by atoms with Crippen molar-refractivity contribution in [3.8, 4) is 18.1 Å². The van der Waals surface area contributed by atoms with Crippen LogP contribution >= 0.6 is 0 Å². The van der Waals surface area contributed by atoms with Gasteiger partial charge in [0.15, 0.2) is 0 Å². The first kappa shape index (κ1) is 12.9. The van der Waals surface area contributed by atoms with Crippen molar-refractivity contribution in [2.45, 2.75) is 19.4 Å². The molecule has 17 heavy (non-hydrogen) atoms. The molecular formula is C13H16N2O2. The molecular weight excluding hydrogens is 216 g/mol. The van der Waals surface area contributed by atoms with Crippen LogP contribution in [-0.4, -0.2) is 18.6 Å². The van der Waals surface area contributed by atoms with Crippen LogP contribution in [-0.2, 0) is 0 Å². The zero-order valence-electron chi connectivity index (χ0n) is 10.2. The Morgan fingerprint density at radius 1 is 1.53 bits per heavy atom. The van der Waals surface area contributed by atoms with Crippen LogP contribution < -0.4 is 15.8 Å². The number of benzene rings is 1. The molecule has 0 radical (unpaired) electrons. The molecule has 0 aliphatic rings. The Bertz CT molecular complexity index is 473.